The summed E-state index contributed by atoms with van der Waals surface area (Å²) in [7, 11) is -3.31. The van der Waals surface area contributed by atoms with Crippen LogP contribution >= 0.6 is 11.6 Å². The van der Waals surface area contributed by atoms with Crippen LogP contribution in [0.5, 0.6) is 5.75 Å². The lowest BCUT2D eigenvalue weighted by molar-refractivity contribution is -0.117. The Morgan fingerprint density at radius 2 is 1.79 bits per heavy atom. The minimum atomic E-state index is -3.31. The van der Waals surface area contributed by atoms with Gasteiger partial charge in [-0.1, -0.05) is 41.9 Å². The van der Waals surface area contributed by atoms with Crippen LogP contribution in [0.3, 0.4) is 0 Å². The predicted molar refractivity (Wildman–Crippen MR) is 151 cm³/mol. The van der Waals surface area contributed by atoms with E-state index in [0.717, 1.165) is 46.3 Å². The molecule has 0 radical (unpaired) electrons. The van der Waals surface area contributed by atoms with E-state index in [1.54, 1.807) is 31.2 Å². The SMILES string of the molecule is CC(=O)CC(c1ccc(S(=O)(=O)CC2CC2)cc1)c1nc2cc(-c3ccccc3OC(C)C)c(Cl)cc2[nH]1. The molecule has 1 unspecified atom stereocenters. The molecule has 198 valence electrons. The van der Waals surface area contributed by atoms with Crippen molar-refractivity contribution in [3.05, 3.63) is 77.1 Å². The zero-order valence-electron chi connectivity index (χ0n) is 21.7. The lowest BCUT2D eigenvalue weighted by Crippen LogP contribution is -2.10. The van der Waals surface area contributed by atoms with Crippen LogP contribution < -0.4 is 4.74 Å². The van der Waals surface area contributed by atoms with E-state index in [9.17, 15) is 13.2 Å². The number of ether oxygens (including phenoxy) is 1. The first-order valence-electron chi connectivity index (χ1n) is 12.9. The molecule has 1 saturated carbocycles. The van der Waals surface area contributed by atoms with Crippen LogP contribution in [0.1, 0.15) is 57.3 Å². The van der Waals surface area contributed by atoms with E-state index in [2.05, 4.69) is 4.98 Å². The summed E-state index contributed by atoms with van der Waals surface area (Å²) >= 11 is 6.72. The fraction of sp³-hybridized carbons (Fsp3) is 0.333. The Morgan fingerprint density at radius 3 is 2.45 bits per heavy atom. The van der Waals surface area contributed by atoms with Crippen LogP contribution in [0.15, 0.2) is 65.6 Å². The van der Waals surface area contributed by atoms with E-state index in [0.29, 0.717) is 15.7 Å². The Labute approximate surface area is 228 Å². The first-order chi connectivity index (χ1) is 18.1. The van der Waals surface area contributed by atoms with E-state index in [1.807, 2.05) is 50.2 Å². The first-order valence-corrected chi connectivity index (χ1v) is 14.9. The van der Waals surface area contributed by atoms with Crippen molar-refractivity contribution >= 4 is 38.3 Å². The summed E-state index contributed by atoms with van der Waals surface area (Å²) < 4.78 is 31.4. The molecule has 3 aromatic carbocycles. The highest BCUT2D eigenvalue weighted by molar-refractivity contribution is 7.91. The van der Waals surface area contributed by atoms with Crippen LogP contribution in [0.4, 0.5) is 0 Å². The zero-order chi connectivity index (χ0) is 27.0. The quantitative estimate of drug-likeness (QED) is 0.230. The zero-order valence-corrected chi connectivity index (χ0v) is 23.3. The molecule has 0 spiro atoms. The van der Waals surface area contributed by atoms with Gasteiger partial charge in [0.2, 0.25) is 0 Å². The van der Waals surface area contributed by atoms with Crippen LogP contribution in [0, 0.1) is 5.92 Å². The average Bonchev–Trinajstić information content (AvgIpc) is 3.57. The van der Waals surface area contributed by atoms with E-state index in [4.69, 9.17) is 21.3 Å². The van der Waals surface area contributed by atoms with Crippen molar-refractivity contribution in [2.75, 3.05) is 5.75 Å². The van der Waals surface area contributed by atoms with E-state index < -0.39 is 9.84 Å². The maximum absolute atomic E-state index is 12.7. The van der Waals surface area contributed by atoms with Crippen molar-refractivity contribution in [1.29, 1.82) is 0 Å². The van der Waals surface area contributed by atoms with Crippen LogP contribution in [0.2, 0.25) is 5.02 Å². The molecule has 5 rings (SSSR count). The van der Waals surface area contributed by atoms with E-state index in [-0.39, 0.29) is 35.9 Å². The highest BCUT2D eigenvalue weighted by Crippen LogP contribution is 2.38. The molecule has 0 aliphatic heterocycles. The molecule has 0 amide bonds. The van der Waals surface area contributed by atoms with Gasteiger partial charge < -0.3 is 9.72 Å². The number of ketones is 1. The molecule has 6 nitrogen and oxygen atoms in total. The number of benzene rings is 3. The number of Topliss-reactive ketones (excluding diaryl/α,β-unsaturated/α-hetero) is 1. The summed E-state index contributed by atoms with van der Waals surface area (Å²) in [5, 5.41) is 0.556. The molecular weight excluding hydrogens is 520 g/mol. The maximum atomic E-state index is 12.7. The van der Waals surface area contributed by atoms with Gasteiger partial charge in [0.15, 0.2) is 9.84 Å². The molecule has 1 aromatic heterocycles. The van der Waals surface area contributed by atoms with Crippen LogP contribution in [-0.2, 0) is 14.6 Å². The summed E-state index contributed by atoms with van der Waals surface area (Å²) in [4.78, 5) is 20.7. The second-order valence-corrected chi connectivity index (χ2v) is 12.8. The van der Waals surface area contributed by atoms with Gasteiger partial charge in [-0.2, -0.15) is 0 Å². The fourth-order valence-electron chi connectivity index (χ4n) is 4.73. The molecule has 1 aliphatic carbocycles. The monoisotopic (exact) mass is 550 g/mol. The van der Waals surface area contributed by atoms with Crippen molar-refractivity contribution in [3.63, 3.8) is 0 Å². The number of aromatic nitrogens is 2. The van der Waals surface area contributed by atoms with Crippen molar-refractivity contribution in [2.45, 2.75) is 57.0 Å². The van der Waals surface area contributed by atoms with Gasteiger partial charge in [0.1, 0.15) is 17.4 Å². The van der Waals surface area contributed by atoms with Crippen molar-refractivity contribution in [2.24, 2.45) is 5.92 Å². The van der Waals surface area contributed by atoms with E-state index >= 15 is 0 Å². The summed E-state index contributed by atoms with van der Waals surface area (Å²) in [6, 6.07) is 18.4. The fourth-order valence-corrected chi connectivity index (χ4v) is 6.69. The van der Waals surface area contributed by atoms with Gasteiger partial charge in [0, 0.05) is 23.5 Å². The summed E-state index contributed by atoms with van der Waals surface area (Å²) in [6.45, 7) is 5.50. The van der Waals surface area contributed by atoms with Gasteiger partial charge >= 0.3 is 0 Å². The Balaban J connectivity index is 1.51. The summed E-state index contributed by atoms with van der Waals surface area (Å²) in [5.41, 5.74) is 3.98. The molecule has 1 heterocycles. The van der Waals surface area contributed by atoms with Gasteiger partial charge in [-0.15, -0.1) is 0 Å². The molecule has 1 N–H and O–H groups in total. The number of aromatic amines is 1. The largest absolute Gasteiger partial charge is 0.490 e. The van der Waals surface area contributed by atoms with E-state index in [1.165, 1.54) is 0 Å². The third-order valence-corrected chi connectivity index (χ3v) is 8.96. The molecule has 0 saturated heterocycles. The number of hydrogen-bond donors (Lipinski definition) is 1. The van der Waals surface area contributed by atoms with Crippen molar-refractivity contribution < 1.29 is 17.9 Å². The number of rotatable bonds is 10. The number of halogens is 1. The molecular formula is C30H31ClN2O4S. The predicted octanol–water partition coefficient (Wildman–Crippen LogP) is 6.97. The Kier molecular flexibility index (Phi) is 7.34. The number of carbonyl (C=O) groups excluding carboxylic acids is 1. The van der Waals surface area contributed by atoms with Gasteiger partial charge in [0.25, 0.3) is 0 Å². The summed E-state index contributed by atoms with van der Waals surface area (Å²) in [6.07, 6.45) is 2.20. The minimum absolute atomic E-state index is 0.0121. The van der Waals surface area contributed by atoms with Crippen LogP contribution in [0.25, 0.3) is 22.2 Å². The van der Waals surface area contributed by atoms with Gasteiger partial charge in [-0.25, -0.2) is 13.4 Å². The molecule has 8 heteroatoms. The number of nitrogens with one attached hydrogen (secondary N) is 1. The first kappa shape index (κ1) is 26.4. The Hall–Kier alpha value is -3.16. The van der Waals surface area contributed by atoms with Gasteiger partial charge in [0.05, 0.1) is 32.8 Å². The number of nitrogens with zero attached hydrogens (tertiary/aromatic N) is 1. The molecule has 1 aliphatic rings. The number of carbonyl (C=O) groups is 1. The molecule has 4 aromatic rings. The number of fused-ring (bicyclic) bond motifs is 1. The second-order valence-electron chi connectivity index (χ2n) is 10.4. The van der Waals surface area contributed by atoms with Gasteiger partial charge in [-0.3, -0.25) is 4.79 Å². The number of sulfone groups is 1. The average molecular weight is 551 g/mol. The third kappa shape index (κ3) is 5.79. The van der Waals surface area contributed by atoms with Crippen molar-refractivity contribution in [1.82, 2.24) is 9.97 Å². The molecule has 1 fully saturated rings. The summed E-state index contributed by atoms with van der Waals surface area (Å²) in [5.74, 6) is 1.51. The smallest absolute Gasteiger partial charge is 0.178 e. The number of H-pyrrole nitrogens is 1. The molecule has 38 heavy (non-hydrogen) atoms. The highest BCUT2D eigenvalue weighted by Gasteiger charge is 2.29. The minimum Gasteiger partial charge on any atom is -0.490 e. The van der Waals surface area contributed by atoms with Crippen LogP contribution in [-0.4, -0.2) is 36.0 Å². The number of hydrogen-bond acceptors (Lipinski definition) is 5. The number of imidazole rings is 1. The van der Waals surface area contributed by atoms with Gasteiger partial charge in [-0.05, 0) is 75.4 Å². The highest BCUT2D eigenvalue weighted by atomic mass is 35.5. The topological polar surface area (TPSA) is 89.1 Å². The standard InChI is InChI=1S/C30H31ClN2O4S/c1-18(2)37-29-7-5-4-6-23(29)25-15-27-28(16-26(25)31)33-30(32-27)24(14-19(3)34)21-10-12-22(13-11-21)38(35,36)17-20-8-9-20/h4-7,10-13,15-16,18,20,24H,8-9,14,17H2,1-3H3,(H,32,33). The maximum Gasteiger partial charge on any atom is 0.178 e. The Morgan fingerprint density at radius 1 is 1.08 bits per heavy atom. The normalized spacial score (nSPS) is 14.7. The molecule has 1 atom stereocenters. The van der Waals surface area contributed by atoms with Crippen molar-refractivity contribution in [3.8, 4) is 16.9 Å². The third-order valence-electron chi connectivity index (χ3n) is 6.74. The lowest BCUT2D eigenvalue weighted by atomic mass is 9.93. The second kappa shape index (κ2) is 10.5. The molecule has 0 bridgehead atoms. The lowest BCUT2D eigenvalue weighted by Gasteiger charge is -2.15. The number of para-hydroxylation sites is 1. The Bertz CT molecular complexity index is 1590.